The van der Waals surface area contributed by atoms with Crippen LogP contribution in [0, 0.1) is 27.7 Å². The SMILES string of the molecule is COC(=O)c1cc(=O)[nH]c(=O)n1CC(=O)N(CCNC(C)=O)CC(=O)NCCN(CC(=O)NCCN(CC(=O)NCCN(CC(=O)NCCN(CC(=O)NCCN(CC(=O)N[C@@H](CCCCN)C(N)=O)C(=O)Cn1cc(C)c(=O)[nH]c1=O)C(=O)Cn1cc(C)c(=O)[nH]c1=O)C(=O)Cn1c(C(=O)OC)cc(=O)[nH]c1=O)C(=O)Cn1cc(C)c(=O)[nH]c1=O)C(=O)Cn1cc(C)c(=O)[nH]c1=O. The molecule has 0 fully saturated rings. The zero-order valence-corrected chi connectivity index (χ0v) is 73.1. The Morgan fingerprint density at radius 1 is 0.353 bits per heavy atom. The van der Waals surface area contributed by atoms with E-state index in [1.54, 1.807) is 0 Å². The number of ether oxygens (including phenoxy) is 2. The fourth-order valence-electron chi connectivity index (χ4n) is 12.4. The number of rotatable bonds is 50. The molecule has 57 heteroatoms. The molecule has 0 aliphatic carbocycles. The van der Waals surface area contributed by atoms with Gasteiger partial charge in [0.05, 0.1) is 53.5 Å². The molecule has 0 saturated heterocycles. The van der Waals surface area contributed by atoms with Crippen LogP contribution >= 0.6 is 0 Å². The monoisotopic (exact) mass is 1870 g/mol. The molecule has 6 aromatic rings. The summed E-state index contributed by atoms with van der Waals surface area (Å²) in [5.74, 6) is -16.1. The van der Waals surface area contributed by atoms with Gasteiger partial charge in [-0.25, -0.2) is 38.4 Å². The summed E-state index contributed by atoms with van der Waals surface area (Å²) in [6, 6.07) is 0.0841. The molecule has 1 atom stereocenters. The Morgan fingerprint density at radius 2 is 0.602 bits per heavy atom. The molecule has 6 heterocycles. The molecule has 0 unspecified atom stereocenters. The van der Waals surface area contributed by atoms with E-state index in [1.807, 2.05) is 29.9 Å². The number of methoxy groups -OCH3 is 2. The van der Waals surface area contributed by atoms with Crippen molar-refractivity contribution in [3.8, 4) is 0 Å². The number of hydrogen-bond donors (Lipinski definition) is 15. The maximum atomic E-state index is 14.4. The van der Waals surface area contributed by atoms with Crippen LogP contribution in [0.25, 0.3) is 0 Å². The summed E-state index contributed by atoms with van der Waals surface area (Å²) in [6.07, 6.45) is 5.05. The van der Waals surface area contributed by atoms with Gasteiger partial charge in [-0.15, -0.1) is 0 Å². The minimum absolute atomic E-state index is 0.0238. The zero-order chi connectivity index (χ0) is 98.8. The Bertz CT molecular complexity index is 6200. The third kappa shape index (κ3) is 33.0. The number of unbranched alkanes of at least 4 members (excludes halogenated alkanes) is 1. The van der Waals surface area contributed by atoms with E-state index in [2.05, 4.69) is 42.0 Å². The van der Waals surface area contributed by atoms with Crippen LogP contribution in [-0.4, -0.2) is 326 Å². The maximum Gasteiger partial charge on any atom is 0.355 e. The van der Waals surface area contributed by atoms with Gasteiger partial charge in [-0.3, -0.25) is 153 Å². The summed E-state index contributed by atoms with van der Waals surface area (Å²) in [6.45, 7) is -10.7. The summed E-state index contributed by atoms with van der Waals surface area (Å²) in [7, 11) is 1.81. The molecule has 57 nitrogen and oxygen atoms in total. The van der Waals surface area contributed by atoms with E-state index in [4.69, 9.17) is 16.2 Å². The quantitative estimate of drug-likeness (QED) is 0.0125. The molecule has 14 amide bonds. The van der Waals surface area contributed by atoms with E-state index < -0.39 is 324 Å². The van der Waals surface area contributed by atoms with Gasteiger partial charge in [0.25, 0.3) is 33.4 Å². The summed E-state index contributed by atoms with van der Waals surface area (Å²) >= 11 is 0. The van der Waals surface area contributed by atoms with E-state index in [0.29, 0.717) is 39.0 Å². The lowest BCUT2D eigenvalue weighted by molar-refractivity contribution is -0.138. The van der Waals surface area contributed by atoms with Crippen LogP contribution in [0.1, 0.15) is 69.4 Å². The number of aromatic amines is 6. The normalized spacial score (nSPS) is 11.0. The Labute approximate surface area is 746 Å². The van der Waals surface area contributed by atoms with Crippen molar-refractivity contribution in [2.24, 2.45) is 11.5 Å². The second kappa shape index (κ2) is 50.3. The minimum atomic E-state index is -1.33. The molecule has 0 spiro atoms. The number of nitrogens with zero attached hydrogens (tertiary/aromatic N) is 12. The van der Waals surface area contributed by atoms with Crippen LogP contribution in [0.5, 0.6) is 0 Å². The van der Waals surface area contributed by atoms with Crippen molar-refractivity contribution < 1.29 is 86.2 Å². The topological polar surface area (TPSA) is 776 Å². The number of carbonyl (C=O) groups is 16. The Morgan fingerprint density at radius 3 is 0.842 bits per heavy atom. The number of aromatic nitrogens is 12. The first kappa shape index (κ1) is 105. The van der Waals surface area contributed by atoms with E-state index in [-0.39, 0.29) is 48.3 Å². The van der Waals surface area contributed by atoms with Gasteiger partial charge < -0.3 is 87.6 Å². The van der Waals surface area contributed by atoms with Gasteiger partial charge in [-0.05, 0) is 53.5 Å². The number of carbonyl (C=O) groups excluding carboxylic acids is 16. The molecule has 0 saturated carbocycles. The first-order valence-corrected chi connectivity index (χ1v) is 40.4. The van der Waals surface area contributed by atoms with E-state index >= 15 is 0 Å². The average Bonchev–Trinajstić information content (AvgIpc) is 0.812. The van der Waals surface area contributed by atoms with Crippen molar-refractivity contribution in [2.75, 3.05) is 139 Å². The van der Waals surface area contributed by atoms with Gasteiger partial charge in [-0.1, -0.05) is 0 Å². The van der Waals surface area contributed by atoms with Crippen LogP contribution in [0.2, 0.25) is 0 Å². The number of nitrogens with one attached hydrogen (secondary N) is 13. The van der Waals surface area contributed by atoms with E-state index in [9.17, 15) is 134 Å². The maximum absolute atomic E-state index is 14.4. The lowest BCUT2D eigenvalue weighted by Gasteiger charge is -2.26. The van der Waals surface area contributed by atoms with Crippen LogP contribution in [0.15, 0.2) is 94.5 Å². The highest BCUT2D eigenvalue weighted by atomic mass is 16.5. The molecule has 6 aromatic heterocycles. The average molecular weight is 1870 g/mol. The van der Waals surface area contributed by atoms with Crippen LogP contribution in [0.3, 0.4) is 0 Å². The summed E-state index contributed by atoms with van der Waals surface area (Å²) in [5.41, 5.74) is -2.45. The van der Waals surface area contributed by atoms with Gasteiger partial charge >= 0.3 is 46.1 Å². The van der Waals surface area contributed by atoms with Crippen molar-refractivity contribution in [1.82, 2.24) is 124 Å². The van der Waals surface area contributed by atoms with Gasteiger partial charge in [0.2, 0.25) is 82.7 Å². The lowest BCUT2D eigenvalue weighted by atomic mass is 10.1. The highest BCUT2D eigenvalue weighted by Gasteiger charge is 2.30. The molecule has 0 bridgehead atoms. The van der Waals surface area contributed by atoms with Crippen LogP contribution < -0.4 is 116 Å². The summed E-state index contributed by atoms with van der Waals surface area (Å²) in [5, 5.41) is 17.1. The van der Waals surface area contributed by atoms with Crippen molar-refractivity contribution in [3.63, 3.8) is 0 Å². The molecule has 0 aliphatic rings. The van der Waals surface area contributed by atoms with E-state index in [0.717, 1.165) is 88.7 Å². The Balaban J connectivity index is 1.22. The molecule has 17 N–H and O–H groups in total. The Hall–Kier alpha value is -16.4. The van der Waals surface area contributed by atoms with Crippen LogP contribution in [-0.2, 0) is 116 Å². The molecule has 6 rings (SSSR count). The molecule has 0 aromatic carbocycles. The number of H-pyrrole nitrogens is 6. The van der Waals surface area contributed by atoms with Crippen molar-refractivity contribution in [2.45, 2.75) is 99.2 Å². The van der Waals surface area contributed by atoms with Crippen molar-refractivity contribution in [1.29, 1.82) is 0 Å². The largest absolute Gasteiger partial charge is 0.464 e. The van der Waals surface area contributed by atoms with Gasteiger partial charge in [-0.2, -0.15) is 0 Å². The number of esters is 2. The molecule has 133 heavy (non-hydrogen) atoms. The molecular formula is C76H101N27O30. The zero-order valence-electron chi connectivity index (χ0n) is 73.1. The number of primary amides is 1. The predicted octanol–water partition coefficient (Wildman–Crippen LogP) is -15.1. The highest BCUT2D eigenvalue weighted by molar-refractivity contribution is 5.92. The fourth-order valence-corrected chi connectivity index (χ4v) is 12.4. The third-order valence-corrected chi connectivity index (χ3v) is 19.4. The van der Waals surface area contributed by atoms with E-state index in [1.165, 1.54) is 27.7 Å². The van der Waals surface area contributed by atoms with Crippen molar-refractivity contribution in [3.05, 3.63) is 196 Å². The minimum Gasteiger partial charge on any atom is -0.464 e. The second-order valence-corrected chi connectivity index (χ2v) is 29.5. The number of aryl methyl sites for hydroxylation is 4. The van der Waals surface area contributed by atoms with Gasteiger partial charge in [0, 0.05) is 145 Å². The molecule has 720 valence electrons. The Kier molecular flexibility index (Phi) is 39.9. The van der Waals surface area contributed by atoms with Crippen LogP contribution in [0.4, 0.5) is 0 Å². The highest BCUT2D eigenvalue weighted by Crippen LogP contribution is 2.07. The standard InChI is InChI=1S/C76H101N27O30/c1-42-26-98(71(126)88-65(42)120)36-58(113)92(19-13-80-52(107)30-93(59(114)37-99-27-43(2)66(121)89-72(99)127)20-14-81-55(110)33-95(18-12-79-46(5)104)62(117)40-102-48(69(124)132-6)24-50(105)86-75(102)130)31-53(108)83-16-22-96(63(118)41-103-49(70(125)133-7)25-51(106)87-76(103)131)34-56(111)82-15-21-94(60(115)38-100-28-44(3)67(122)90-73(100)128)32-54(109)84-17-23-97(35-57(112)85-47(64(78)119)10-8-9-11-77)61(116)39-101-29-45(4)68(123)91-74(101)129/h24-29,47H,8-23,30-41,77H2,1-7H3,(H2,78,119)(H,79,104)(H,80,107)(H,81,110)(H,82,111)(H,83,108)(H,84,109)(H,85,112)(H,86,105,130)(H,87,106,131)(H,88,120,126)(H,89,121,127)(H,90,122,128)(H,91,123,129)/t47-/m0/s1. The smallest absolute Gasteiger partial charge is 0.355 e. The summed E-state index contributed by atoms with van der Waals surface area (Å²) < 4.78 is 13.5. The number of hydrogen-bond acceptors (Lipinski definition) is 31. The molecular weight excluding hydrogens is 1770 g/mol. The molecule has 0 aliphatic heterocycles. The first-order valence-electron chi connectivity index (χ1n) is 40.4. The van der Waals surface area contributed by atoms with Gasteiger partial charge in [0.15, 0.2) is 0 Å². The fraction of sp³-hybridized carbons (Fsp3) is 0.474. The first-order chi connectivity index (χ1) is 62.8. The summed E-state index contributed by atoms with van der Waals surface area (Å²) in [4.78, 5) is 385. The molecule has 0 radical (unpaired) electrons. The predicted molar refractivity (Wildman–Crippen MR) is 457 cm³/mol. The van der Waals surface area contributed by atoms with Crippen molar-refractivity contribution >= 4 is 94.6 Å². The third-order valence-electron chi connectivity index (χ3n) is 19.4. The van der Waals surface area contributed by atoms with Gasteiger partial charge in [0.1, 0.15) is 56.7 Å². The number of nitrogens with two attached hydrogens (primary N) is 2. The second-order valence-electron chi connectivity index (χ2n) is 29.5. The lowest BCUT2D eigenvalue weighted by Crippen LogP contribution is -2.51. The number of amides is 14.